The summed E-state index contributed by atoms with van der Waals surface area (Å²) >= 11 is 0. The molecule has 0 aromatic carbocycles. The molecule has 10 heteroatoms. The molecule has 0 radical (unpaired) electrons. The zero-order valence-electron chi connectivity index (χ0n) is 26.7. The van der Waals surface area contributed by atoms with Crippen LogP contribution in [0.2, 0.25) is 0 Å². The summed E-state index contributed by atoms with van der Waals surface area (Å²) in [6.45, 7) is 14.4. The Morgan fingerprint density at radius 3 is 2.35 bits per heavy atom. The lowest BCUT2D eigenvalue weighted by atomic mass is 9.83. The predicted octanol–water partition coefficient (Wildman–Crippen LogP) is 3.74. The highest BCUT2D eigenvalue weighted by atomic mass is 16.6. The number of amides is 4. The van der Waals surface area contributed by atoms with Crippen molar-refractivity contribution in [1.29, 1.82) is 0 Å². The Morgan fingerprint density at radius 2 is 1.74 bits per heavy atom. The maximum Gasteiger partial charge on any atom is 0.408 e. The number of Topliss-reactive ketones (excluding diaryl/α,β-unsaturated/α-hetero) is 1. The molecule has 1 heterocycles. The van der Waals surface area contributed by atoms with E-state index in [1.807, 2.05) is 6.92 Å². The first-order chi connectivity index (χ1) is 20.4. The first-order valence-electron chi connectivity index (χ1n) is 16.4. The Morgan fingerprint density at radius 1 is 1.05 bits per heavy atom. The summed E-state index contributed by atoms with van der Waals surface area (Å²) in [5.74, 6) is -1.37. The van der Waals surface area contributed by atoms with Gasteiger partial charge in [-0.2, -0.15) is 0 Å². The van der Waals surface area contributed by atoms with E-state index in [0.29, 0.717) is 25.3 Å². The van der Waals surface area contributed by atoms with Crippen LogP contribution in [0.15, 0.2) is 12.7 Å². The number of piperidine rings is 1. The third-order valence-electron chi connectivity index (χ3n) is 10.6. The van der Waals surface area contributed by atoms with E-state index in [9.17, 15) is 24.0 Å². The average molecular weight is 601 g/mol. The average Bonchev–Trinajstić information content (AvgIpc) is 3.26. The van der Waals surface area contributed by atoms with Crippen LogP contribution in [-0.2, 0) is 23.9 Å². The Bertz CT molecular complexity index is 1090. The van der Waals surface area contributed by atoms with Gasteiger partial charge in [-0.05, 0) is 67.1 Å². The molecule has 4 aliphatic rings. The molecule has 43 heavy (non-hydrogen) atoms. The maximum absolute atomic E-state index is 14.3. The molecule has 0 bridgehead atoms. The molecule has 1 aliphatic heterocycles. The van der Waals surface area contributed by atoms with Gasteiger partial charge in [-0.25, -0.2) is 4.79 Å². The van der Waals surface area contributed by atoms with Gasteiger partial charge in [0.05, 0.1) is 6.04 Å². The molecule has 5 unspecified atom stereocenters. The van der Waals surface area contributed by atoms with E-state index in [2.05, 4.69) is 50.2 Å². The smallest absolute Gasteiger partial charge is 0.408 e. The number of nitrogens with one attached hydrogen (secondary N) is 3. The van der Waals surface area contributed by atoms with Crippen LogP contribution in [0.5, 0.6) is 0 Å². The summed E-state index contributed by atoms with van der Waals surface area (Å²) in [6.07, 6.45) is 8.16. The first-order valence-corrected chi connectivity index (χ1v) is 16.4. The molecule has 4 fully saturated rings. The fourth-order valence-corrected chi connectivity index (χ4v) is 8.04. The highest BCUT2D eigenvalue weighted by Crippen LogP contribution is 2.65. The monoisotopic (exact) mass is 600 g/mol. The summed E-state index contributed by atoms with van der Waals surface area (Å²) in [6, 6.07) is -2.55. The third kappa shape index (κ3) is 7.26. The van der Waals surface area contributed by atoms with Gasteiger partial charge >= 0.3 is 6.09 Å². The number of hydrogen-bond donors (Lipinski definition) is 3. The number of alkyl carbamates (subject to hydrolysis) is 1. The van der Waals surface area contributed by atoms with Crippen molar-refractivity contribution >= 4 is 29.6 Å². The van der Waals surface area contributed by atoms with Gasteiger partial charge in [-0.1, -0.05) is 66.4 Å². The minimum absolute atomic E-state index is 0.0367. The van der Waals surface area contributed by atoms with Crippen molar-refractivity contribution < 1.29 is 28.7 Å². The van der Waals surface area contributed by atoms with Gasteiger partial charge in [-0.3, -0.25) is 19.2 Å². The number of ether oxygens (including phenoxy) is 1. The molecule has 10 nitrogen and oxygen atoms in total. The number of ketones is 1. The normalized spacial score (nSPS) is 30.9. The van der Waals surface area contributed by atoms with Crippen LogP contribution >= 0.6 is 0 Å². The number of fused-ring (bicyclic) bond motifs is 1. The molecule has 0 aromatic heterocycles. The molecule has 8 atom stereocenters. The molecule has 0 aromatic rings. The van der Waals surface area contributed by atoms with Crippen LogP contribution in [0.25, 0.3) is 0 Å². The van der Waals surface area contributed by atoms with E-state index >= 15 is 0 Å². The number of rotatable bonds is 12. The number of hydrogen-bond acceptors (Lipinski definition) is 6. The Balaban J connectivity index is 1.52. The van der Waals surface area contributed by atoms with Crippen molar-refractivity contribution in [2.24, 2.45) is 35.0 Å². The summed E-state index contributed by atoms with van der Waals surface area (Å²) in [5.41, 5.74) is -0.133. The van der Waals surface area contributed by atoms with E-state index in [4.69, 9.17) is 4.74 Å². The van der Waals surface area contributed by atoms with Crippen molar-refractivity contribution in [3.05, 3.63) is 12.7 Å². The van der Waals surface area contributed by atoms with Gasteiger partial charge < -0.3 is 25.6 Å². The number of carbonyl (C=O) groups is 5. The second kappa shape index (κ2) is 13.8. The van der Waals surface area contributed by atoms with Crippen molar-refractivity contribution in [1.82, 2.24) is 20.9 Å². The Kier molecular flexibility index (Phi) is 10.6. The quantitative estimate of drug-likeness (QED) is 0.231. The molecule has 3 N–H and O–H groups in total. The zero-order valence-corrected chi connectivity index (χ0v) is 26.7. The summed E-state index contributed by atoms with van der Waals surface area (Å²) in [5, 5.41) is 8.28. The summed E-state index contributed by atoms with van der Waals surface area (Å²) in [7, 11) is 0. The molecule has 3 aliphatic carbocycles. The van der Waals surface area contributed by atoms with E-state index in [1.54, 1.807) is 4.90 Å². The highest BCUT2D eigenvalue weighted by Gasteiger charge is 2.69. The van der Waals surface area contributed by atoms with Crippen molar-refractivity contribution in [3.8, 4) is 0 Å². The van der Waals surface area contributed by atoms with Gasteiger partial charge in [0.25, 0.3) is 5.91 Å². The SMILES string of the molecule is C=CCNC(=O)C(=O)C(CCC)NC(=O)[C@@H]1[C@H]2[C@@H](CN1C(=O)C(NC(=O)OC1CC(C)CC1C)C1CCCCC1)C2(C)C. The van der Waals surface area contributed by atoms with Gasteiger partial charge in [0.15, 0.2) is 0 Å². The van der Waals surface area contributed by atoms with Crippen LogP contribution in [0.4, 0.5) is 4.79 Å². The van der Waals surface area contributed by atoms with E-state index in [1.165, 1.54) is 6.08 Å². The second-order valence-corrected chi connectivity index (χ2v) is 14.1. The minimum Gasteiger partial charge on any atom is -0.446 e. The topological polar surface area (TPSA) is 134 Å². The fraction of sp³-hybridized carbons (Fsp3) is 0.788. The summed E-state index contributed by atoms with van der Waals surface area (Å²) < 4.78 is 5.84. The first kappa shape index (κ1) is 33.0. The van der Waals surface area contributed by atoms with Crippen LogP contribution in [0, 0.1) is 35.0 Å². The molecule has 3 saturated carbocycles. The summed E-state index contributed by atoms with van der Waals surface area (Å²) in [4.78, 5) is 68.4. The second-order valence-electron chi connectivity index (χ2n) is 14.1. The third-order valence-corrected chi connectivity index (χ3v) is 10.6. The lowest BCUT2D eigenvalue weighted by Gasteiger charge is -2.37. The van der Waals surface area contributed by atoms with Crippen LogP contribution in [0.1, 0.15) is 92.4 Å². The lowest BCUT2D eigenvalue weighted by molar-refractivity contribution is -0.145. The molecule has 4 rings (SSSR count). The van der Waals surface area contributed by atoms with Crippen LogP contribution in [0.3, 0.4) is 0 Å². The molecule has 240 valence electrons. The van der Waals surface area contributed by atoms with Gasteiger partial charge in [-0.15, -0.1) is 6.58 Å². The van der Waals surface area contributed by atoms with Gasteiger partial charge in [0.1, 0.15) is 18.2 Å². The zero-order chi connectivity index (χ0) is 31.5. The molecule has 1 saturated heterocycles. The van der Waals surface area contributed by atoms with E-state index in [0.717, 1.165) is 44.9 Å². The predicted molar refractivity (Wildman–Crippen MR) is 163 cm³/mol. The van der Waals surface area contributed by atoms with Crippen LogP contribution in [-0.4, -0.2) is 71.8 Å². The standard InChI is InChI=1S/C33H52N4O6/c1-7-12-23(28(38)30(40)34-15-8-2)35-29(39)27-25-22(33(25,5)6)18-37(27)31(41)26(21-13-10-9-11-14-21)36-32(42)43-24-17-19(3)16-20(24)4/h8,19-27H,2,7,9-18H2,1,3-6H3,(H,34,40)(H,35,39)(H,36,42)/t19?,20?,22-,23?,24?,25-,26?,27+/m1/s1. The van der Waals surface area contributed by atoms with E-state index < -0.39 is 41.8 Å². The largest absolute Gasteiger partial charge is 0.446 e. The molecular weight excluding hydrogens is 548 g/mol. The number of carbonyl (C=O) groups excluding carboxylic acids is 5. The Hall–Kier alpha value is -2.91. The highest BCUT2D eigenvalue weighted by molar-refractivity contribution is 6.38. The number of nitrogens with zero attached hydrogens (tertiary/aromatic N) is 1. The lowest BCUT2D eigenvalue weighted by Crippen LogP contribution is -2.59. The van der Waals surface area contributed by atoms with Crippen LogP contribution < -0.4 is 16.0 Å². The maximum atomic E-state index is 14.3. The van der Waals surface area contributed by atoms with Crippen molar-refractivity contribution in [2.45, 2.75) is 117 Å². The van der Waals surface area contributed by atoms with Gasteiger partial charge in [0.2, 0.25) is 17.6 Å². The molecule has 0 spiro atoms. The molecular formula is C33H52N4O6. The van der Waals surface area contributed by atoms with Gasteiger partial charge in [0, 0.05) is 13.1 Å². The number of likely N-dealkylation sites (tertiary alicyclic amines) is 1. The molecule has 4 amide bonds. The fourth-order valence-electron chi connectivity index (χ4n) is 8.04. The van der Waals surface area contributed by atoms with Crippen molar-refractivity contribution in [2.75, 3.05) is 13.1 Å². The van der Waals surface area contributed by atoms with E-state index in [-0.39, 0.29) is 47.6 Å². The minimum atomic E-state index is -0.988. The Labute approximate surface area is 256 Å². The van der Waals surface area contributed by atoms with Crippen molar-refractivity contribution in [3.63, 3.8) is 0 Å².